The highest BCUT2D eigenvalue weighted by Crippen LogP contribution is 2.31. The molecule has 1 aliphatic heterocycles. The van der Waals surface area contributed by atoms with E-state index in [1.54, 1.807) is 0 Å². The summed E-state index contributed by atoms with van der Waals surface area (Å²) in [7, 11) is 1.94. The van der Waals surface area contributed by atoms with Crippen molar-refractivity contribution in [3.8, 4) is 11.4 Å². The maximum atomic E-state index is 12.9. The van der Waals surface area contributed by atoms with Crippen molar-refractivity contribution in [3.63, 3.8) is 0 Å². The summed E-state index contributed by atoms with van der Waals surface area (Å²) in [4.78, 5) is 14.8. The highest BCUT2D eigenvalue weighted by molar-refractivity contribution is 8.00. The fraction of sp³-hybridized carbons (Fsp3) is 0.250. The van der Waals surface area contributed by atoms with Gasteiger partial charge in [-0.2, -0.15) is 0 Å². The summed E-state index contributed by atoms with van der Waals surface area (Å²) in [5, 5.41) is 9.11. The normalized spacial score (nSPS) is 14.3. The van der Waals surface area contributed by atoms with Gasteiger partial charge in [0.25, 0.3) is 0 Å². The number of aromatic nitrogens is 3. The van der Waals surface area contributed by atoms with Crippen LogP contribution in [0, 0.1) is 0 Å². The van der Waals surface area contributed by atoms with Crippen LogP contribution in [0.3, 0.4) is 0 Å². The second-order valence-electron chi connectivity index (χ2n) is 6.36. The Morgan fingerprint density at radius 3 is 2.62 bits per heavy atom. The molecule has 0 N–H and O–H groups in total. The maximum absolute atomic E-state index is 12.9. The van der Waals surface area contributed by atoms with Crippen LogP contribution in [0.25, 0.3) is 11.4 Å². The predicted octanol–water partition coefficient (Wildman–Crippen LogP) is 3.55. The molecule has 1 atom stereocenters. The third kappa shape index (κ3) is 3.01. The van der Waals surface area contributed by atoms with Crippen LogP contribution in [-0.4, -0.2) is 32.5 Å². The average molecular weight is 364 g/mol. The Labute approximate surface area is 157 Å². The van der Waals surface area contributed by atoms with Crippen LogP contribution in [0.4, 0.5) is 5.69 Å². The smallest absolute Gasteiger partial charge is 0.240 e. The molecule has 0 saturated heterocycles. The third-order valence-electron chi connectivity index (χ3n) is 4.65. The van der Waals surface area contributed by atoms with E-state index in [1.807, 2.05) is 72.0 Å². The molecule has 0 aliphatic carbocycles. The Hall–Kier alpha value is -2.60. The van der Waals surface area contributed by atoms with E-state index in [0.717, 1.165) is 35.2 Å². The number of anilines is 1. The van der Waals surface area contributed by atoms with Crippen molar-refractivity contribution in [3.05, 3.63) is 60.2 Å². The zero-order chi connectivity index (χ0) is 18.1. The van der Waals surface area contributed by atoms with Crippen molar-refractivity contribution < 1.29 is 4.79 Å². The van der Waals surface area contributed by atoms with E-state index in [9.17, 15) is 4.79 Å². The second kappa shape index (κ2) is 6.96. The van der Waals surface area contributed by atoms with E-state index in [1.165, 1.54) is 17.3 Å². The van der Waals surface area contributed by atoms with Gasteiger partial charge in [-0.1, -0.05) is 60.3 Å². The van der Waals surface area contributed by atoms with Crippen LogP contribution in [0.2, 0.25) is 0 Å². The van der Waals surface area contributed by atoms with E-state index in [4.69, 9.17) is 0 Å². The minimum absolute atomic E-state index is 0.115. The molecule has 2 aromatic carbocycles. The van der Waals surface area contributed by atoms with Gasteiger partial charge < -0.3 is 9.47 Å². The summed E-state index contributed by atoms with van der Waals surface area (Å²) in [6, 6.07) is 18.1. The van der Waals surface area contributed by atoms with Crippen LogP contribution in [0.5, 0.6) is 0 Å². The molecule has 0 radical (unpaired) electrons. The van der Waals surface area contributed by atoms with Gasteiger partial charge >= 0.3 is 0 Å². The first-order valence-corrected chi connectivity index (χ1v) is 9.54. The van der Waals surface area contributed by atoms with Gasteiger partial charge in [-0.05, 0) is 25.0 Å². The first-order chi connectivity index (χ1) is 12.6. The first kappa shape index (κ1) is 16.8. The molecule has 26 heavy (non-hydrogen) atoms. The number of para-hydroxylation sites is 1. The zero-order valence-electron chi connectivity index (χ0n) is 14.8. The summed E-state index contributed by atoms with van der Waals surface area (Å²) < 4.78 is 1.95. The fourth-order valence-corrected chi connectivity index (χ4v) is 4.13. The van der Waals surface area contributed by atoms with E-state index in [-0.39, 0.29) is 11.2 Å². The molecule has 5 nitrogen and oxygen atoms in total. The molecule has 1 aromatic heterocycles. The predicted molar refractivity (Wildman–Crippen MR) is 104 cm³/mol. The number of amides is 1. The molecule has 0 saturated carbocycles. The molecule has 6 heteroatoms. The lowest BCUT2D eigenvalue weighted by Gasteiger charge is -2.21. The van der Waals surface area contributed by atoms with Gasteiger partial charge in [-0.15, -0.1) is 10.2 Å². The molecule has 2 heterocycles. The summed E-state index contributed by atoms with van der Waals surface area (Å²) >= 11 is 1.45. The number of fused-ring (bicyclic) bond motifs is 1. The van der Waals surface area contributed by atoms with Gasteiger partial charge in [0.05, 0.1) is 5.25 Å². The average Bonchev–Trinajstić information content (AvgIpc) is 3.26. The Kier molecular flexibility index (Phi) is 4.51. The SMILES string of the molecule is C[C@@H](Sc1nnc(-c2ccccc2)n1C)C(=O)N1CCc2ccccc21. The van der Waals surface area contributed by atoms with Gasteiger partial charge in [-0.3, -0.25) is 4.79 Å². The molecule has 0 bridgehead atoms. The number of hydrogen-bond donors (Lipinski definition) is 0. The first-order valence-electron chi connectivity index (χ1n) is 8.66. The van der Waals surface area contributed by atoms with Gasteiger partial charge in [0.1, 0.15) is 0 Å². The number of benzene rings is 2. The fourth-order valence-electron chi connectivity index (χ4n) is 3.25. The van der Waals surface area contributed by atoms with E-state index in [0.29, 0.717) is 0 Å². The quantitative estimate of drug-likeness (QED) is 0.664. The summed E-state index contributed by atoms with van der Waals surface area (Å²) in [6.45, 7) is 2.68. The molecule has 3 aromatic rings. The highest BCUT2D eigenvalue weighted by atomic mass is 32.2. The number of nitrogens with zero attached hydrogens (tertiary/aromatic N) is 4. The summed E-state index contributed by atoms with van der Waals surface area (Å²) in [6.07, 6.45) is 0.918. The molecular weight excluding hydrogens is 344 g/mol. The molecule has 0 spiro atoms. The molecule has 0 unspecified atom stereocenters. The highest BCUT2D eigenvalue weighted by Gasteiger charge is 2.29. The number of hydrogen-bond acceptors (Lipinski definition) is 4. The third-order valence-corrected chi connectivity index (χ3v) is 5.77. The van der Waals surface area contributed by atoms with Crippen LogP contribution in [0.15, 0.2) is 59.8 Å². The number of rotatable bonds is 4. The Morgan fingerprint density at radius 1 is 1.08 bits per heavy atom. The maximum Gasteiger partial charge on any atom is 0.240 e. The van der Waals surface area contributed by atoms with Crippen LogP contribution >= 0.6 is 11.8 Å². The molecule has 1 aliphatic rings. The standard InChI is InChI=1S/C20H20N4OS/c1-14(19(25)24-13-12-15-8-6-7-11-17(15)24)26-20-22-21-18(23(20)2)16-9-4-3-5-10-16/h3-11,14H,12-13H2,1-2H3/t14-/m1/s1. The van der Waals surface area contributed by atoms with Crippen LogP contribution in [-0.2, 0) is 18.3 Å². The lowest BCUT2D eigenvalue weighted by molar-refractivity contribution is -0.117. The van der Waals surface area contributed by atoms with Crippen molar-refractivity contribution in [1.29, 1.82) is 0 Å². The van der Waals surface area contributed by atoms with Crippen molar-refractivity contribution in [2.75, 3.05) is 11.4 Å². The molecule has 1 amide bonds. The summed E-state index contributed by atoms with van der Waals surface area (Å²) in [5.74, 6) is 0.920. The molecule has 132 valence electrons. The number of carbonyl (C=O) groups is 1. The van der Waals surface area contributed by atoms with Crippen molar-refractivity contribution >= 4 is 23.4 Å². The van der Waals surface area contributed by atoms with Crippen LogP contribution in [0.1, 0.15) is 12.5 Å². The molecular formula is C20H20N4OS. The lowest BCUT2D eigenvalue weighted by Crippen LogP contribution is -2.35. The molecule has 4 rings (SSSR count). The van der Waals surface area contributed by atoms with Crippen molar-refractivity contribution in [2.24, 2.45) is 7.05 Å². The minimum Gasteiger partial charge on any atom is -0.311 e. The Balaban J connectivity index is 1.52. The van der Waals surface area contributed by atoms with Gasteiger partial charge in [0, 0.05) is 24.8 Å². The van der Waals surface area contributed by atoms with Crippen molar-refractivity contribution in [1.82, 2.24) is 14.8 Å². The lowest BCUT2D eigenvalue weighted by atomic mass is 10.2. The Morgan fingerprint density at radius 2 is 1.81 bits per heavy atom. The topological polar surface area (TPSA) is 51.0 Å². The Bertz CT molecular complexity index is 938. The monoisotopic (exact) mass is 364 g/mol. The minimum atomic E-state index is -0.229. The number of carbonyl (C=O) groups excluding carboxylic acids is 1. The van der Waals surface area contributed by atoms with E-state index >= 15 is 0 Å². The van der Waals surface area contributed by atoms with Gasteiger partial charge in [0.2, 0.25) is 5.91 Å². The second-order valence-corrected chi connectivity index (χ2v) is 7.67. The summed E-state index contributed by atoms with van der Waals surface area (Å²) in [5.41, 5.74) is 3.29. The van der Waals surface area contributed by atoms with Crippen LogP contribution < -0.4 is 4.90 Å². The number of thioether (sulfide) groups is 1. The van der Waals surface area contributed by atoms with Crippen molar-refractivity contribution in [2.45, 2.75) is 23.8 Å². The largest absolute Gasteiger partial charge is 0.311 e. The van der Waals surface area contributed by atoms with Gasteiger partial charge in [-0.25, -0.2) is 0 Å². The molecule has 0 fully saturated rings. The zero-order valence-corrected chi connectivity index (χ0v) is 15.6. The van der Waals surface area contributed by atoms with Gasteiger partial charge in [0.15, 0.2) is 11.0 Å². The van der Waals surface area contributed by atoms with E-state index in [2.05, 4.69) is 16.3 Å². The van der Waals surface area contributed by atoms with E-state index < -0.39 is 0 Å².